The van der Waals surface area contributed by atoms with Crippen molar-refractivity contribution in [2.24, 2.45) is 0 Å². The molecule has 1 aromatic heterocycles. The Hall–Kier alpha value is -5.52. The minimum Gasteiger partial charge on any atom is -0.379 e. The van der Waals surface area contributed by atoms with Gasteiger partial charge in [-0.2, -0.15) is 13.2 Å². The number of benzene rings is 3. The number of carbonyl (C=O) groups excluding carboxylic acids is 3. The van der Waals surface area contributed by atoms with E-state index in [-0.39, 0.29) is 17.9 Å². The number of nitrogens with zero attached hydrogens (tertiary/aromatic N) is 4. The summed E-state index contributed by atoms with van der Waals surface area (Å²) in [6, 6.07) is 16.6. The predicted octanol–water partition coefficient (Wildman–Crippen LogP) is 4.60. The Morgan fingerprint density at radius 1 is 1.00 bits per heavy atom. The molecule has 14 heteroatoms. The monoisotopic (exact) mass is 688 g/mol. The summed E-state index contributed by atoms with van der Waals surface area (Å²) in [5.74, 6) is 1.96. The largest absolute Gasteiger partial charge is 0.416 e. The number of nitrogens with one attached hydrogen (secondary N) is 2. The van der Waals surface area contributed by atoms with Crippen molar-refractivity contribution in [3.05, 3.63) is 107 Å². The molecule has 1 saturated heterocycles. The highest BCUT2D eigenvalue weighted by atomic mass is 19.4. The van der Waals surface area contributed by atoms with Crippen molar-refractivity contribution in [1.29, 1.82) is 0 Å². The smallest absolute Gasteiger partial charge is 0.379 e. The van der Waals surface area contributed by atoms with Crippen LogP contribution in [-0.2, 0) is 20.5 Å². The van der Waals surface area contributed by atoms with Crippen molar-refractivity contribution in [2.75, 3.05) is 49.6 Å². The first kappa shape index (κ1) is 34.3. The van der Waals surface area contributed by atoms with Crippen LogP contribution in [0.4, 0.5) is 29.2 Å². The summed E-state index contributed by atoms with van der Waals surface area (Å²) in [6.45, 7) is 4.65. The van der Waals surface area contributed by atoms with Gasteiger partial charge in [0.2, 0.25) is 0 Å². The van der Waals surface area contributed by atoms with Gasteiger partial charge in [-0.1, -0.05) is 42.3 Å². The van der Waals surface area contributed by atoms with E-state index in [0.717, 1.165) is 12.1 Å². The quantitative estimate of drug-likeness (QED) is 0.217. The van der Waals surface area contributed by atoms with E-state index in [2.05, 4.69) is 22.5 Å². The molecule has 0 unspecified atom stereocenters. The lowest BCUT2D eigenvalue weighted by Crippen LogP contribution is -2.55. The number of alkyl halides is 3. The van der Waals surface area contributed by atoms with Crippen LogP contribution in [0.5, 0.6) is 0 Å². The molecule has 0 spiro atoms. The molecular weight excluding hydrogens is 656 g/mol. The van der Waals surface area contributed by atoms with Gasteiger partial charge in [0.25, 0.3) is 11.8 Å². The molecular formula is C36H32F4N6O4. The Bertz CT molecular complexity index is 1950. The molecule has 50 heavy (non-hydrogen) atoms. The van der Waals surface area contributed by atoms with Crippen molar-refractivity contribution >= 4 is 29.4 Å². The van der Waals surface area contributed by atoms with Gasteiger partial charge in [-0.3, -0.25) is 29.5 Å². The Morgan fingerprint density at radius 3 is 2.40 bits per heavy atom. The van der Waals surface area contributed by atoms with E-state index < -0.39 is 47.2 Å². The predicted molar refractivity (Wildman–Crippen MR) is 176 cm³/mol. The summed E-state index contributed by atoms with van der Waals surface area (Å²) in [5, 5.41) is 10.1. The lowest BCUT2D eigenvalue weighted by molar-refractivity contribution is -0.137. The van der Waals surface area contributed by atoms with Crippen LogP contribution in [0.2, 0.25) is 0 Å². The zero-order valence-electron chi connectivity index (χ0n) is 26.8. The van der Waals surface area contributed by atoms with Gasteiger partial charge in [-0.15, -0.1) is 5.10 Å². The van der Waals surface area contributed by atoms with Crippen LogP contribution >= 0.6 is 0 Å². The summed E-state index contributed by atoms with van der Waals surface area (Å²) in [7, 11) is 0. The minimum absolute atomic E-state index is 0.0353. The summed E-state index contributed by atoms with van der Waals surface area (Å²) in [5.41, 5.74) is -0.0923. The molecule has 6 rings (SSSR count). The molecule has 4 aromatic rings. The van der Waals surface area contributed by atoms with Gasteiger partial charge in [-0.25, -0.2) is 9.07 Å². The fraction of sp³-hybridized carbons (Fsp3) is 0.278. The second-order valence-corrected chi connectivity index (χ2v) is 11.6. The highest BCUT2D eigenvalue weighted by molar-refractivity contribution is 6.08. The first-order chi connectivity index (χ1) is 24.0. The maximum absolute atomic E-state index is 14.4. The van der Waals surface area contributed by atoms with Crippen molar-refractivity contribution < 1.29 is 36.7 Å². The molecule has 2 aliphatic rings. The van der Waals surface area contributed by atoms with Crippen LogP contribution in [0.3, 0.4) is 0 Å². The van der Waals surface area contributed by atoms with Crippen LogP contribution in [0.1, 0.15) is 39.9 Å². The third-order valence-corrected chi connectivity index (χ3v) is 8.45. The zero-order chi connectivity index (χ0) is 35.4. The minimum atomic E-state index is -4.70. The molecule has 0 radical (unpaired) electrons. The number of carbonyl (C=O) groups is 3. The van der Waals surface area contributed by atoms with Gasteiger partial charge in [0, 0.05) is 36.7 Å². The van der Waals surface area contributed by atoms with Crippen molar-refractivity contribution in [1.82, 2.24) is 20.0 Å². The second-order valence-electron chi connectivity index (χ2n) is 11.6. The molecule has 0 saturated carbocycles. The second kappa shape index (κ2) is 14.5. The molecule has 0 aliphatic carbocycles. The summed E-state index contributed by atoms with van der Waals surface area (Å²) in [4.78, 5) is 44.6. The normalized spacial score (nSPS) is 17.8. The first-order valence-corrected chi connectivity index (χ1v) is 15.9. The van der Waals surface area contributed by atoms with E-state index in [1.807, 2.05) is 4.90 Å². The Labute approximate surface area is 285 Å². The van der Waals surface area contributed by atoms with Gasteiger partial charge >= 0.3 is 12.1 Å². The number of para-hydroxylation sites is 1. The van der Waals surface area contributed by atoms with Gasteiger partial charge in [0.15, 0.2) is 5.82 Å². The third kappa shape index (κ3) is 7.24. The average Bonchev–Trinajstić information content (AvgIpc) is 3.47. The lowest BCUT2D eigenvalue weighted by atomic mass is 9.81. The molecule has 1 fully saturated rings. The molecule has 10 nitrogen and oxygen atoms in total. The van der Waals surface area contributed by atoms with Crippen LogP contribution in [0.15, 0.2) is 78.9 Å². The molecule has 3 heterocycles. The number of aromatic nitrogens is 2. The van der Waals surface area contributed by atoms with Crippen LogP contribution in [-0.4, -0.2) is 77.8 Å². The number of hydrogen-bond acceptors (Lipinski definition) is 6. The number of hydrogen-bond donors (Lipinski definition) is 2. The fourth-order valence-electron chi connectivity index (χ4n) is 6.06. The standard InChI is InChI=1S/C36H32F4N6O4/c1-2-45-34-30(32(43-46(34)27-10-4-3-5-11-27)41-28(47)12-7-17-44-18-20-50-21-19-44)29(23-13-15-26(37)16-14-23)31(35(45)49)42-33(48)24-8-6-9-25(22-24)36(38,39)40/h3-6,8-11,13-16,22,29,31H,2,17-21H2,1H3,(H,42,48)(H,41,43,47)/t29-,31-/m1/s1. The van der Waals surface area contributed by atoms with E-state index in [0.29, 0.717) is 61.5 Å². The molecule has 0 bridgehead atoms. The average molecular weight is 689 g/mol. The van der Waals surface area contributed by atoms with Gasteiger partial charge < -0.3 is 10.1 Å². The SMILES string of the molecule is CCN1C(=O)[C@H](NC(=O)c2cccc(C(F)(F)F)c2)[C@H](c2ccc(F)cc2)c2c(NC(=O)C#CCN3CCOCC3)nn(-c3ccccc3)c21. The number of halogens is 4. The van der Waals surface area contributed by atoms with Gasteiger partial charge in [0.05, 0.1) is 31.0 Å². The highest BCUT2D eigenvalue weighted by Gasteiger charge is 2.46. The van der Waals surface area contributed by atoms with Crippen molar-refractivity contribution in [3.8, 4) is 17.5 Å². The van der Waals surface area contributed by atoms with E-state index in [9.17, 15) is 31.9 Å². The lowest BCUT2D eigenvalue weighted by Gasteiger charge is -2.38. The zero-order valence-corrected chi connectivity index (χ0v) is 26.8. The molecule has 2 aliphatic heterocycles. The molecule has 3 amide bonds. The number of amides is 3. The Kier molecular flexibility index (Phi) is 9.98. The van der Waals surface area contributed by atoms with Crippen LogP contribution in [0, 0.1) is 17.7 Å². The number of rotatable bonds is 7. The van der Waals surface area contributed by atoms with Gasteiger partial charge in [-0.05, 0) is 60.9 Å². The van der Waals surface area contributed by atoms with E-state index >= 15 is 0 Å². The van der Waals surface area contributed by atoms with E-state index in [1.54, 1.807) is 37.3 Å². The molecule has 2 atom stereocenters. The summed E-state index contributed by atoms with van der Waals surface area (Å²) >= 11 is 0. The summed E-state index contributed by atoms with van der Waals surface area (Å²) in [6.07, 6.45) is -4.70. The number of fused-ring (bicyclic) bond motifs is 1. The number of anilines is 2. The van der Waals surface area contributed by atoms with Crippen molar-refractivity contribution in [3.63, 3.8) is 0 Å². The Morgan fingerprint density at radius 2 is 1.72 bits per heavy atom. The maximum Gasteiger partial charge on any atom is 0.416 e. The molecule has 258 valence electrons. The van der Waals surface area contributed by atoms with Crippen LogP contribution < -0.4 is 15.5 Å². The maximum atomic E-state index is 14.4. The third-order valence-electron chi connectivity index (χ3n) is 8.45. The highest BCUT2D eigenvalue weighted by Crippen LogP contribution is 2.45. The topological polar surface area (TPSA) is 109 Å². The number of ether oxygens (including phenoxy) is 1. The van der Waals surface area contributed by atoms with Crippen molar-refractivity contribution in [2.45, 2.75) is 25.1 Å². The van der Waals surface area contributed by atoms with E-state index in [4.69, 9.17) is 9.84 Å². The summed E-state index contributed by atoms with van der Waals surface area (Å²) < 4.78 is 61.6. The van der Waals surface area contributed by atoms with Gasteiger partial charge in [0.1, 0.15) is 17.7 Å². The number of likely N-dealkylation sites (N-methyl/N-ethyl adjacent to an activating group) is 1. The van der Waals surface area contributed by atoms with Crippen LogP contribution in [0.25, 0.3) is 5.69 Å². The van der Waals surface area contributed by atoms with E-state index in [1.165, 1.54) is 39.9 Å². The molecule has 3 aromatic carbocycles. The molecule has 2 N–H and O–H groups in total. The number of morpholine rings is 1. The first-order valence-electron chi connectivity index (χ1n) is 15.9. The Balaban J connectivity index is 1.46. The fourth-order valence-corrected chi connectivity index (χ4v) is 6.06.